The predicted molar refractivity (Wildman–Crippen MR) is 113 cm³/mol. The van der Waals surface area contributed by atoms with Gasteiger partial charge in [-0.1, -0.05) is 31.4 Å². The lowest BCUT2D eigenvalue weighted by Crippen LogP contribution is -2.35. The number of rotatable bonds is 6. The van der Waals surface area contributed by atoms with Gasteiger partial charge in [-0.05, 0) is 32.3 Å². The zero-order valence-electron chi connectivity index (χ0n) is 17.5. The van der Waals surface area contributed by atoms with E-state index in [1.54, 1.807) is 7.11 Å². The average Bonchev–Trinajstić information content (AvgIpc) is 2.75. The lowest BCUT2D eigenvalue weighted by molar-refractivity contribution is 0.231. The van der Waals surface area contributed by atoms with Crippen molar-refractivity contribution in [2.45, 2.75) is 64.5 Å². The lowest BCUT2D eigenvalue weighted by Gasteiger charge is -2.29. The topological polar surface area (TPSA) is 67.5 Å². The van der Waals surface area contributed by atoms with Crippen molar-refractivity contribution in [3.05, 3.63) is 51.2 Å². The van der Waals surface area contributed by atoms with Gasteiger partial charge in [0.2, 0.25) is 0 Å². The van der Waals surface area contributed by atoms with Crippen LogP contribution in [-0.2, 0) is 19.5 Å². The van der Waals surface area contributed by atoms with E-state index >= 15 is 0 Å². The van der Waals surface area contributed by atoms with E-state index in [1.807, 2.05) is 19.1 Å². The van der Waals surface area contributed by atoms with Gasteiger partial charge >= 0.3 is 0 Å². The van der Waals surface area contributed by atoms with Crippen molar-refractivity contribution < 1.29 is 9.47 Å². The standard InChI is InChI=1S/C23H31N3O3/c1-3-29-21-17(10-7-11-20(21)28-2)14-26-13-12-18-19(15-26)24-22(25-23(18)27)16-8-5-4-6-9-16/h7,10-11,16H,3-6,8-9,12-15H2,1-2H3,(H,24,25,27). The van der Waals surface area contributed by atoms with Gasteiger partial charge < -0.3 is 14.5 Å². The van der Waals surface area contributed by atoms with Crippen LogP contribution in [0.2, 0.25) is 0 Å². The molecule has 2 heterocycles. The van der Waals surface area contributed by atoms with Crippen LogP contribution in [0.3, 0.4) is 0 Å². The number of benzene rings is 1. The fourth-order valence-corrected chi connectivity index (χ4v) is 4.61. The van der Waals surface area contributed by atoms with Crippen LogP contribution in [0, 0.1) is 0 Å². The zero-order valence-corrected chi connectivity index (χ0v) is 17.5. The molecule has 0 saturated heterocycles. The Hall–Kier alpha value is -2.34. The van der Waals surface area contributed by atoms with Crippen LogP contribution in [0.25, 0.3) is 0 Å². The highest BCUT2D eigenvalue weighted by atomic mass is 16.5. The normalized spacial score (nSPS) is 17.7. The van der Waals surface area contributed by atoms with E-state index in [0.717, 1.165) is 66.5 Å². The molecule has 1 N–H and O–H groups in total. The largest absolute Gasteiger partial charge is 0.493 e. The van der Waals surface area contributed by atoms with E-state index < -0.39 is 0 Å². The maximum absolute atomic E-state index is 12.7. The molecule has 1 aromatic carbocycles. The molecule has 1 aromatic heterocycles. The van der Waals surface area contributed by atoms with Gasteiger partial charge in [0.15, 0.2) is 11.5 Å². The molecule has 6 heteroatoms. The molecule has 0 amide bonds. The van der Waals surface area contributed by atoms with Gasteiger partial charge in [0, 0.05) is 36.7 Å². The summed E-state index contributed by atoms with van der Waals surface area (Å²) in [4.78, 5) is 23.0. The number of hydrogen-bond acceptors (Lipinski definition) is 5. The molecule has 1 fully saturated rings. The van der Waals surface area contributed by atoms with Crippen molar-refractivity contribution in [3.63, 3.8) is 0 Å². The number of para-hydroxylation sites is 1. The molecule has 1 aliphatic carbocycles. The number of methoxy groups -OCH3 is 1. The molecule has 0 unspecified atom stereocenters. The first-order chi connectivity index (χ1) is 14.2. The summed E-state index contributed by atoms with van der Waals surface area (Å²) < 4.78 is 11.3. The van der Waals surface area contributed by atoms with Gasteiger partial charge in [-0.15, -0.1) is 0 Å². The number of hydrogen-bond donors (Lipinski definition) is 1. The Morgan fingerprint density at radius 1 is 1.24 bits per heavy atom. The quantitative estimate of drug-likeness (QED) is 0.803. The van der Waals surface area contributed by atoms with Gasteiger partial charge in [-0.2, -0.15) is 0 Å². The second-order valence-electron chi connectivity index (χ2n) is 8.05. The van der Waals surface area contributed by atoms with Crippen molar-refractivity contribution in [2.24, 2.45) is 0 Å². The summed E-state index contributed by atoms with van der Waals surface area (Å²) in [5.74, 6) is 2.87. The molecular weight excluding hydrogens is 366 g/mol. The second-order valence-corrected chi connectivity index (χ2v) is 8.05. The molecule has 1 saturated carbocycles. The van der Waals surface area contributed by atoms with Gasteiger partial charge in [-0.25, -0.2) is 4.98 Å². The average molecular weight is 398 g/mol. The fraction of sp³-hybridized carbons (Fsp3) is 0.565. The fourth-order valence-electron chi connectivity index (χ4n) is 4.61. The van der Waals surface area contributed by atoms with Gasteiger partial charge in [0.1, 0.15) is 5.82 Å². The first-order valence-electron chi connectivity index (χ1n) is 10.8. The summed E-state index contributed by atoms with van der Waals surface area (Å²) in [7, 11) is 1.67. The van der Waals surface area contributed by atoms with Crippen molar-refractivity contribution in [2.75, 3.05) is 20.3 Å². The number of aromatic nitrogens is 2. The van der Waals surface area contributed by atoms with Crippen molar-refractivity contribution in [1.82, 2.24) is 14.9 Å². The SMILES string of the molecule is CCOc1c(CN2CCc3c(nc(C4CCCCC4)[nH]c3=O)C2)cccc1OC. The van der Waals surface area contributed by atoms with Crippen LogP contribution in [0.15, 0.2) is 23.0 Å². The first-order valence-corrected chi connectivity index (χ1v) is 10.8. The summed E-state index contributed by atoms with van der Waals surface area (Å²) in [5, 5.41) is 0. The minimum absolute atomic E-state index is 0.0617. The Bertz CT molecular complexity index is 903. The molecule has 156 valence electrons. The summed E-state index contributed by atoms with van der Waals surface area (Å²) >= 11 is 0. The third-order valence-electron chi connectivity index (χ3n) is 6.13. The van der Waals surface area contributed by atoms with E-state index in [1.165, 1.54) is 19.3 Å². The Morgan fingerprint density at radius 2 is 2.07 bits per heavy atom. The van der Waals surface area contributed by atoms with Crippen LogP contribution < -0.4 is 15.0 Å². The summed E-state index contributed by atoms with van der Waals surface area (Å²) in [5.41, 5.74) is 2.97. The zero-order chi connectivity index (χ0) is 20.2. The second kappa shape index (κ2) is 8.99. The number of ether oxygens (including phenoxy) is 2. The third kappa shape index (κ3) is 4.32. The molecular formula is C23H31N3O3. The minimum atomic E-state index is 0.0617. The highest BCUT2D eigenvalue weighted by Gasteiger charge is 2.25. The van der Waals surface area contributed by atoms with E-state index in [9.17, 15) is 4.79 Å². The van der Waals surface area contributed by atoms with Gasteiger partial charge in [-0.3, -0.25) is 9.69 Å². The van der Waals surface area contributed by atoms with E-state index in [-0.39, 0.29) is 5.56 Å². The summed E-state index contributed by atoms with van der Waals surface area (Å²) in [6.45, 7) is 4.86. The number of fused-ring (bicyclic) bond motifs is 1. The van der Waals surface area contributed by atoms with Gasteiger partial charge in [0.05, 0.1) is 19.4 Å². The molecule has 29 heavy (non-hydrogen) atoms. The van der Waals surface area contributed by atoms with Crippen LogP contribution in [0.4, 0.5) is 0 Å². The predicted octanol–water partition coefficient (Wildman–Crippen LogP) is 3.78. The smallest absolute Gasteiger partial charge is 0.254 e. The highest BCUT2D eigenvalue weighted by Crippen LogP contribution is 2.33. The van der Waals surface area contributed by atoms with E-state index in [0.29, 0.717) is 19.1 Å². The van der Waals surface area contributed by atoms with Crippen LogP contribution in [0.5, 0.6) is 11.5 Å². The molecule has 0 bridgehead atoms. The van der Waals surface area contributed by atoms with Crippen molar-refractivity contribution in [1.29, 1.82) is 0 Å². The van der Waals surface area contributed by atoms with Crippen LogP contribution >= 0.6 is 0 Å². The number of H-pyrrole nitrogens is 1. The van der Waals surface area contributed by atoms with E-state index in [4.69, 9.17) is 14.5 Å². The number of nitrogens with one attached hydrogen (secondary N) is 1. The Morgan fingerprint density at radius 3 is 2.83 bits per heavy atom. The molecule has 0 atom stereocenters. The minimum Gasteiger partial charge on any atom is -0.493 e. The Labute approximate surface area is 172 Å². The lowest BCUT2D eigenvalue weighted by atomic mass is 9.88. The molecule has 0 radical (unpaired) electrons. The van der Waals surface area contributed by atoms with Crippen LogP contribution in [-0.4, -0.2) is 35.1 Å². The number of nitrogens with zero attached hydrogens (tertiary/aromatic N) is 2. The van der Waals surface area contributed by atoms with Crippen LogP contribution in [0.1, 0.15) is 67.6 Å². The maximum Gasteiger partial charge on any atom is 0.254 e. The summed E-state index contributed by atoms with van der Waals surface area (Å²) in [6, 6.07) is 6.01. The molecule has 2 aromatic rings. The van der Waals surface area contributed by atoms with Gasteiger partial charge in [0.25, 0.3) is 5.56 Å². The first kappa shape index (κ1) is 20.0. The molecule has 4 rings (SSSR count). The monoisotopic (exact) mass is 397 g/mol. The van der Waals surface area contributed by atoms with E-state index in [2.05, 4.69) is 16.0 Å². The molecule has 6 nitrogen and oxygen atoms in total. The maximum atomic E-state index is 12.7. The van der Waals surface area contributed by atoms with Crippen molar-refractivity contribution >= 4 is 0 Å². The summed E-state index contributed by atoms with van der Waals surface area (Å²) in [6.07, 6.45) is 6.75. The Balaban J connectivity index is 1.56. The molecule has 1 aliphatic heterocycles. The molecule has 0 spiro atoms. The Kier molecular flexibility index (Phi) is 6.19. The highest BCUT2D eigenvalue weighted by molar-refractivity contribution is 5.46. The van der Waals surface area contributed by atoms with Crippen molar-refractivity contribution in [3.8, 4) is 11.5 Å². The number of aromatic amines is 1. The molecule has 2 aliphatic rings. The third-order valence-corrected chi connectivity index (χ3v) is 6.13.